The molecule has 2 atom stereocenters. The van der Waals surface area contributed by atoms with Crippen LogP contribution in [0.2, 0.25) is 0 Å². The smallest absolute Gasteiger partial charge is 0.408 e. The summed E-state index contributed by atoms with van der Waals surface area (Å²) in [5.74, 6) is -1.08. The number of rotatable bonds is 3. The number of benzene rings is 2. The Bertz CT molecular complexity index is 706. The number of thioether (sulfide) groups is 1. The Balaban J connectivity index is 1.84. The minimum absolute atomic E-state index is 0.0528. The summed E-state index contributed by atoms with van der Waals surface area (Å²) in [6.45, 7) is 0.236. The number of hydrogen-bond donors (Lipinski definition) is 2. The van der Waals surface area contributed by atoms with Crippen molar-refractivity contribution in [2.45, 2.75) is 22.6 Å². The molecule has 0 bridgehead atoms. The number of fused-ring (bicyclic) bond motifs is 1. The average molecular weight is 317 g/mol. The van der Waals surface area contributed by atoms with Crippen LogP contribution in [0.25, 0.3) is 10.8 Å². The highest BCUT2D eigenvalue weighted by molar-refractivity contribution is 8.00. The Hall–Kier alpha value is -2.21. The van der Waals surface area contributed by atoms with Crippen LogP contribution in [0.3, 0.4) is 0 Å². The summed E-state index contributed by atoms with van der Waals surface area (Å²) in [4.78, 5) is 24.5. The van der Waals surface area contributed by atoms with Gasteiger partial charge in [0, 0.05) is 16.7 Å². The summed E-state index contributed by atoms with van der Waals surface area (Å²) >= 11 is 1.55. The van der Waals surface area contributed by atoms with Crippen LogP contribution in [0.4, 0.5) is 4.79 Å². The molecule has 0 radical (unpaired) electrons. The van der Waals surface area contributed by atoms with E-state index < -0.39 is 18.1 Å². The SMILES string of the molecule is O=C(O)C1CC(Sc2cccc3ccccc23)CN1C(=O)O. The zero-order chi connectivity index (χ0) is 15.7. The van der Waals surface area contributed by atoms with Gasteiger partial charge in [-0.2, -0.15) is 0 Å². The van der Waals surface area contributed by atoms with Crippen molar-refractivity contribution in [1.29, 1.82) is 0 Å². The maximum absolute atomic E-state index is 11.2. The molecule has 114 valence electrons. The zero-order valence-corrected chi connectivity index (χ0v) is 12.5. The van der Waals surface area contributed by atoms with Crippen molar-refractivity contribution in [3.05, 3.63) is 42.5 Å². The van der Waals surface area contributed by atoms with E-state index in [-0.39, 0.29) is 11.8 Å². The quantitative estimate of drug-likeness (QED) is 0.909. The summed E-state index contributed by atoms with van der Waals surface area (Å²) in [6.07, 6.45) is -0.844. The molecule has 0 spiro atoms. The molecule has 1 heterocycles. The first kappa shape index (κ1) is 14.7. The fourth-order valence-corrected chi connectivity index (χ4v) is 4.15. The Morgan fingerprint density at radius 3 is 2.50 bits per heavy atom. The van der Waals surface area contributed by atoms with Crippen LogP contribution >= 0.6 is 11.8 Å². The van der Waals surface area contributed by atoms with Crippen LogP contribution in [0, 0.1) is 0 Å². The van der Waals surface area contributed by atoms with Gasteiger partial charge < -0.3 is 10.2 Å². The zero-order valence-electron chi connectivity index (χ0n) is 11.7. The molecule has 6 heteroatoms. The molecular formula is C16H15NO4S. The highest BCUT2D eigenvalue weighted by Crippen LogP contribution is 2.36. The lowest BCUT2D eigenvalue weighted by Gasteiger charge is -2.16. The molecule has 0 aliphatic carbocycles. The second-order valence-electron chi connectivity index (χ2n) is 5.24. The Labute approximate surface area is 131 Å². The van der Waals surface area contributed by atoms with Crippen molar-refractivity contribution in [3.8, 4) is 0 Å². The first-order chi connectivity index (χ1) is 10.6. The van der Waals surface area contributed by atoms with E-state index >= 15 is 0 Å². The van der Waals surface area contributed by atoms with Gasteiger partial charge >= 0.3 is 12.1 Å². The molecular weight excluding hydrogens is 302 g/mol. The van der Waals surface area contributed by atoms with Crippen LogP contribution in [0.1, 0.15) is 6.42 Å². The monoisotopic (exact) mass is 317 g/mol. The second-order valence-corrected chi connectivity index (χ2v) is 6.58. The average Bonchev–Trinajstić information content (AvgIpc) is 2.92. The molecule has 1 aliphatic heterocycles. The van der Waals surface area contributed by atoms with Crippen LogP contribution in [0.15, 0.2) is 47.4 Å². The van der Waals surface area contributed by atoms with Crippen molar-refractivity contribution in [2.24, 2.45) is 0 Å². The summed E-state index contributed by atoms with van der Waals surface area (Å²) in [7, 11) is 0. The Morgan fingerprint density at radius 2 is 1.82 bits per heavy atom. The van der Waals surface area contributed by atoms with E-state index in [1.807, 2.05) is 42.5 Å². The van der Waals surface area contributed by atoms with Gasteiger partial charge in [-0.15, -0.1) is 11.8 Å². The maximum Gasteiger partial charge on any atom is 0.408 e. The van der Waals surface area contributed by atoms with Gasteiger partial charge in [0.25, 0.3) is 0 Å². The van der Waals surface area contributed by atoms with Crippen molar-refractivity contribution in [1.82, 2.24) is 4.90 Å². The number of carboxylic acids is 1. The number of nitrogens with zero attached hydrogens (tertiary/aromatic N) is 1. The fraction of sp³-hybridized carbons (Fsp3) is 0.250. The molecule has 3 rings (SSSR count). The molecule has 0 aromatic heterocycles. The lowest BCUT2D eigenvalue weighted by Crippen LogP contribution is -2.39. The standard InChI is InChI=1S/C16H15NO4S/c18-15(19)13-8-11(9-17(13)16(20)21)22-14-7-3-5-10-4-1-2-6-12(10)14/h1-7,11,13H,8-9H2,(H,18,19)(H,20,21). The molecule has 2 aromatic rings. The topological polar surface area (TPSA) is 77.8 Å². The summed E-state index contributed by atoms with van der Waals surface area (Å²) < 4.78 is 0. The highest BCUT2D eigenvalue weighted by atomic mass is 32.2. The van der Waals surface area contributed by atoms with Gasteiger partial charge in [-0.25, -0.2) is 9.59 Å². The third-order valence-electron chi connectivity index (χ3n) is 3.84. The van der Waals surface area contributed by atoms with Crippen LogP contribution in [-0.4, -0.2) is 45.0 Å². The number of aliphatic carboxylic acids is 1. The predicted octanol–water partition coefficient (Wildman–Crippen LogP) is 3.14. The molecule has 0 saturated carbocycles. The third-order valence-corrected chi connectivity index (χ3v) is 5.12. The molecule has 1 amide bonds. The predicted molar refractivity (Wildman–Crippen MR) is 84.4 cm³/mol. The van der Waals surface area contributed by atoms with Crippen molar-refractivity contribution >= 4 is 34.6 Å². The van der Waals surface area contributed by atoms with Gasteiger partial charge in [-0.05, 0) is 23.3 Å². The number of amides is 1. The van der Waals surface area contributed by atoms with Crippen molar-refractivity contribution in [3.63, 3.8) is 0 Å². The molecule has 2 aromatic carbocycles. The first-order valence-electron chi connectivity index (χ1n) is 6.93. The van der Waals surface area contributed by atoms with E-state index in [1.54, 1.807) is 11.8 Å². The summed E-state index contributed by atoms with van der Waals surface area (Å²) in [5, 5.41) is 20.5. The largest absolute Gasteiger partial charge is 0.480 e. The molecule has 2 N–H and O–H groups in total. The summed E-state index contributed by atoms with van der Waals surface area (Å²) in [6, 6.07) is 13.0. The molecule has 1 saturated heterocycles. The number of carboxylic acid groups (broad SMARTS) is 2. The van der Waals surface area contributed by atoms with Crippen LogP contribution < -0.4 is 0 Å². The van der Waals surface area contributed by atoms with E-state index in [9.17, 15) is 14.7 Å². The second kappa shape index (κ2) is 5.88. The van der Waals surface area contributed by atoms with Gasteiger partial charge in [0.05, 0.1) is 0 Å². The maximum atomic E-state index is 11.2. The van der Waals surface area contributed by atoms with Crippen molar-refractivity contribution in [2.75, 3.05) is 6.54 Å². The highest BCUT2D eigenvalue weighted by Gasteiger charge is 2.40. The normalized spacial score (nSPS) is 21.2. The van der Waals surface area contributed by atoms with Crippen molar-refractivity contribution < 1.29 is 19.8 Å². The first-order valence-corrected chi connectivity index (χ1v) is 7.81. The van der Waals surface area contributed by atoms with E-state index in [1.165, 1.54) is 0 Å². The van der Waals surface area contributed by atoms with Gasteiger partial charge in [-0.1, -0.05) is 36.4 Å². The molecule has 1 aliphatic rings. The molecule has 22 heavy (non-hydrogen) atoms. The number of carbonyl (C=O) groups is 2. The minimum Gasteiger partial charge on any atom is -0.480 e. The summed E-state index contributed by atoms with van der Waals surface area (Å²) in [5.41, 5.74) is 0. The molecule has 5 nitrogen and oxygen atoms in total. The molecule has 2 unspecified atom stereocenters. The van der Waals surface area contributed by atoms with E-state index in [4.69, 9.17) is 5.11 Å². The Kier molecular flexibility index (Phi) is 3.94. The van der Waals surface area contributed by atoms with Crippen LogP contribution in [0.5, 0.6) is 0 Å². The minimum atomic E-state index is -1.17. The van der Waals surface area contributed by atoms with Gasteiger partial charge in [0.1, 0.15) is 6.04 Å². The van der Waals surface area contributed by atoms with E-state index in [0.717, 1.165) is 20.6 Å². The lowest BCUT2D eigenvalue weighted by molar-refractivity contribution is -0.141. The van der Waals surface area contributed by atoms with Gasteiger partial charge in [0.2, 0.25) is 0 Å². The van der Waals surface area contributed by atoms with Crippen LogP contribution in [-0.2, 0) is 4.79 Å². The number of hydrogen-bond acceptors (Lipinski definition) is 3. The molecule has 1 fully saturated rings. The fourth-order valence-electron chi connectivity index (χ4n) is 2.81. The number of likely N-dealkylation sites (tertiary alicyclic amines) is 1. The lowest BCUT2D eigenvalue weighted by atomic mass is 10.1. The van der Waals surface area contributed by atoms with E-state index in [0.29, 0.717) is 6.42 Å². The van der Waals surface area contributed by atoms with Gasteiger partial charge in [0.15, 0.2) is 0 Å². The van der Waals surface area contributed by atoms with E-state index in [2.05, 4.69) is 0 Å². The Morgan fingerprint density at radius 1 is 1.09 bits per heavy atom. The third kappa shape index (κ3) is 2.74. The van der Waals surface area contributed by atoms with Gasteiger partial charge in [-0.3, -0.25) is 4.90 Å².